The Kier molecular flexibility index (Phi) is 3.90. The lowest BCUT2D eigenvalue weighted by Gasteiger charge is -2.12. The average Bonchev–Trinajstić information content (AvgIpc) is 2.47. The van der Waals surface area contributed by atoms with Gasteiger partial charge in [-0.2, -0.15) is 0 Å². The van der Waals surface area contributed by atoms with Crippen molar-refractivity contribution in [2.75, 3.05) is 0 Å². The quantitative estimate of drug-likeness (QED) is 0.762. The van der Waals surface area contributed by atoms with Gasteiger partial charge in [0.25, 0.3) is 0 Å². The summed E-state index contributed by atoms with van der Waals surface area (Å²) < 4.78 is 1.83. The van der Waals surface area contributed by atoms with Crippen LogP contribution in [0.15, 0.2) is 6.20 Å². The lowest BCUT2D eigenvalue weighted by Crippen LogP contribution is -2.09. The first kappa shape index (κ1) is 10.7. The number of rotatable bonds is 4. The molecule has 1 aromatic heterocycles. The maximum atomic E-state index is 3.89. The van der Waals surface area contributed by atoms with E-state index in [2.05, 4.69) is 40.1 Å². The molecule has 13 heavy (non-hydrogen) atoms. The third kappa shape index (κ3) is 3.10. The minimum Gasteiger partial charge on any atom is -0.252 e. The summed E-state index contributed by atoms with van der Waals surface area (Å²) in [6, 6.07) is 0. The van der Waals surface area contributed by atoms with Crippen LogP contribution in [0.4, 0.5) is 0 Å². The van der Waals surface area contributed by atoms with Gasteiger partial charge in [0.2, 0.25) is 0 Å². The summed E-state index contributed by atoms with van der Waals surface area (Å²) in [5, 5.41) is 7.73. The Morgan fingerprint density at radius 2 is 2.23 bits per heavy atom. The van der Waals surface area contributed by atoms with Crippen LogP contribution in [0.25, 0.3) is 0 Å². The second kappa shape index (κ2) is 4.74. The number of nitrogens with zero attached hydrogens (tertiary/aromatic N) is 3. The highest BCUT2D eigenvalue weighted by atomic mass is 79.9. The monoisotopic (exact) mass is 245 g/mol. The molecule has 0 N–H and O–H groups in total. The van der Waals surface area contributed by atoms with E-state index in [1.165, 1.54) is 5.69 Å². The number of aryl methyl sites for hydroxylation is 2. The molecule has 4 heteroatoms. The normalized spacial score (nSPS) is 13.6. The predicted octanol–water partition coefficient (Wildman–Crippen LogP) is 2.17. The first-order valence-corrected chi connectivity index (χ1v) is 5.50. The van der Waals surface area contributed by atoms with Gasteiger partial charge < -0.3 is 0 Å². The third-order valence-corrected chi connectivity index (χ3v) is 3.72. The summed E-state index contributed by atoms with van der Waals surface area (Å²) in [6.07, 6.45) is 4.01. The summed E-state index contributed by atoms with van der Waals surface area (Å²) in [5.74, 6) is 0.682. The summed E-state index contributed by atoms with van der Waals surface area (Å²) in [6.45, 7) is 4.45. The Balaban J connectivity index is 2.39. The van der Waals surface area contributed by atoms with Crippen molar-refractivity contribution >= 4 is 15.9 Å². The fourth-order valence-electron chi connectivity index (χ4n) is 1.16. The average molecular weight is 246 g/mol. The van der Waals surface area contributed by atoms with E-state index in [0.29, 0.717) is 10.7 Å². The Hall–Kier alpha value is -0.380. The van der Waals surface area contributed by atoms with Gasteiger partial charge in [0.1, 0.15) is 0 Å². The molecular weight excluding hydrogens is 230 g/mol. The van der Waals surface area contributed by atoms with Crippen molar-refractivity contribution in [2.24, 2.45) is 13.0 Å². The molecule has 0 aliphatic rings. The molecular formula is C9H16BrN3. The van der Waals surface area contributed by atoms with Crippen LogP contribution in [-0.4, -0.2) is 19.8 Å². The molecule has 1 rings (SSSR count). The lowest BCUT2D eigenvalue weighted by molar-refractivity contribution is 0.567. The van der Waals surface area contributed by atoms with Crippen molar-refractivity contribution in [3.05, 3.63) is 11.9 Å². The number of aromatic nitrogens is 3. The lowest BCUT2D eigenvalue weighted by atomic mass is 10.1. The van der Waals surface area contributed by atoms with Crippen molar-refractivity contribution in [3.8, 4) is 0 Å². The predicted molar refractivity (Wildman–Crippen MR) is 56.9 cm³/mol. The molecule has 0 saturated carbocycles. The fourth-order valence-corrected chi connectivity index (χ4v) is 1.39. The summed E-state index contributed by atoms with van der Waals surface area (Å²) in [4.78, 5) is 0.586. The molecule has 0 spiro atoms. The van der Waals surface area contributed by atoms with Crippen LogP contribution in [0.3, 0.4) is 0 Å². The van der Waals surface area contributed by atoms with Gasteiger partial charge in [-0.25, -0.2) is 0 Å². The van der Waals surface area contributed by atoms with Gasteiger partial charge in [0.05, 0.1) is 11.9 Å². The molecule has 0 aliphatic heterocycles. The van der Waals surface area contributed by atoms with Crippen molar-refractivity contribution in [3.63, 3.8) is 0 Å². The Bertz CT molecular complexity index is 257. The standard InChI is InChI=1S/C9H16BrN3/c1-7(2)9(10)5-4-8-6-11-12-13(8)3/h6-7,9H,4-5H2,1-3H3. The van der Waals surface area contributed by atoms with Gasteiger partial charge in [-0.3, -0.25) is 4.68 Å². The zero-order valence-corrected chi connectivity index (χ0v) is 9.95. The zero-order chi connectivity index (χ0) is 9.84. The number of hydrogen-bond acceptors (Lipinski definition) is 2. The van der Waals surface area contributed by atoms with Crippen LogP contribution in [0, 0.1) is 5.92 Å². The SMILES string of the molecule is CC(C)C(Br)CCc1cnnn1C. The van der Waals surface area contributed by atoms with E-state index in [0.717, 1.165) is 12.8 Å². The molecule has 1 heterocycles. The van der Waals surface area contributed by atoms with E-state index >= 15 is 0 Å². The van der Waals surface area contributed by atoms with Crippen molar-refractivity contribution in [1.29, 1.82) is 0 Å². The first-order valence-electron chi connectivity index (χ1n) is 4.59. The molecule has 0 aliphatic carbocycles. The van der Waals surface area contributed by atoms with Crippen LogP contribution in [0.1, 0.15) is 26.0 Å². The summed E-state index contributed by atoms with van der Waals surface area (Å²) in [5.41, 5.74) is 1.20. The van der Waals surface area contributed by atoms with Crippen molar-refractivity contribution in [1.82, 2.24) is 15.0 Å². The van der Waals surface area contributed by atoms with Crippen LogP contribution < -0.4 is 0 Å². The van der Waals surface area contributed by atoms with E-state index in [4.69, 9.17) is 0 Å². The van der Waals surface area contributed by atoms with Gasteiger partial charge in [0, 0.05) is 11.9 Å². The van der Waals surface area contributed by atoms with Gasteiger partial charge in [-0.1, -0.05) is 35.0 Å². The zero-order valence-electron chi connectivity index (χ0n) is 8.37. The summed E-state index contributed by atoms with van der Waals surface area (Å²) >= 11 is 3.66. The molecule has 1 unspecified atom stereocenters. The van der Waals surface area contributed by atoms with E-state index in [1.807, 2.05) is 17.9 Å². The molecule has 0 radical (unpaired) electrons. The van der Waals surface area contributed by atoms with E-state index < -0.39 is 0 Å². The largest absolute Gasteiger partial charge is 0.252 e. The maximum absolute atomic E-state index is 3.89. The minimum atomic E-state index is 0.586. The van der Waals surface area contributed by atoms with Crippen LogP contribution in [0.5, 0.6) is 0 Å². The van der Waals surface area contributed by atoms with Crippen LogP contribution in [-0.2, 0) is 13.5 Å². The molecule has 0 aromatic carbocycles. The molecule has 1 aromatic rings. The highest BCUT2D eigenvalue weighted by Gasteiger charge is 2.10. The second-order valence-electron chi connectivity index (χ2n) is 3.65. The van der Waals surface area contributed by atoms with Crippen LogP contribution in [0.2, 0.25) is 0 Å². The molecule has 74 valence electrons. The van der Waals surface area contributed by atoms with Gasteiger partial charge in [-0.15, -0.1) is 5.10 Å². The second-order valence-corrected chi connectivity index (χ2v) is 4.82. The maximum Gasteiger partial charge on any atom is 0.0724 e. The number of hydrogen-bond donors (Lipinski definition) is 0. The molecule has 0 saturated heterocycles. The Morgan fingerprint density at radius 1 is 1.54 bits per heavy atom. The smallest absolute Gasteiger partial charge is 0.0724 e. The minimum absolute atomic E-state index is 0.586. The topological polar surface area (TPSA) is 30.7 Å². The van der Waals surface area contributed by atoms with Crippen molar-refractivity contribution in [2.45, 2.75) is 31.5 Å². The first-order chi connectivity index (χ1) is 6.11. The van der Waals surface area contributed by atoms with Gasteiger partial charge in [0.15, 0.2) is 0 Å². The summed E-state index contributed by atoms with van der Waals surface area (Å²) in [7, 11) is 1.93. The molecule has 0 fully saturated rings. The molecule has 0 bridgehead atoms. The molecule has 0 amide bonds. The highest BCUT2D eigenvalue weighted by Crippen LogP contribution is 2.17. The third-order valence-electron chi connectivity index (χ3n) is 2.21. The molecule has 1 atom stereocenters. The number of halogens is 1. The van der Waals surface area contributed by atoms with Crippen LogP contribution >= 0.6 is 15.9 Å². The fraction of sp³-hybridized carbons (Fsp3) is 0.778. The van der Waals surface area contributed by atoms with Crippen molar-refractivity contribution < 1.29 is 0 Å². The van der Waals surface area contributed by atoms with E-state index in [-0.39, 0.29) is 0 Å². The van der Waals surface area contributed by atoms with E-state index in [9.17, 15) is 0 Å². The molecule has 3 nitrogen and oxygen atoms in total. The van der Waals surface area contributed by atoms with Gasteiger partial charge in [-0.05, 0) is 18.8 Å². The number of alkyl halides is 1. The van der Waals surface area contributed by atoms with Gasteiger partial charge >= 0.3 is 0 Å². The van der Waals surface area contributed by atoms with E-state index in [1.54, 1.807) is 0 Å². The Morgan fingerprint density at radius 3 is 2.69 bits per heavy atom. The highest BCUT2D eigenvalue weighted by molar-refractivity contribution is 9.09. The Labute approximate surface area is 87.6 Å².